The number of benzene rings is 1. The van der Waals surface area contributed by atoms with Crippen molar-refractivity contribution in [1.29, 1.82) is 0 Å². The van der Waals surface area contributed by atoms with E-state index < -0.39 is 5.97 Å². The van der Waals surface area contributed by atoms with Crippen LogP contribution < -0.4 is 4.74 Å². The number of halogens is 2. The molecule has 4 nitrogen and oxygen atoms in total. The smallest absolute Gasteiger partial charge is 0.307 e. The molecule has 0 saturated carbocycles. The highest BCUT2D eigenvalue weighted by Gasteiger charge is 2.16. The first-order chi connectivity index (χ1) is 12.0. The number of aliphatic carboxylic acids is 1. The molecule has 2 aromatic rings. The van der Waals surface area contributed by atoms with Crippen molar-refractivity contribution in [2.45, 2.75) is 12.8 Å². The van der Waals surface area contributed by atoms with Crippen molar-refractivity contribution in [1.82, 2.24) is 4.98 Å². The number of ether oxygens (including phenoxy) is 1. The van der Waals surface area contributed by atoms with Crippen molar-refractivity contribution in [2.75, 3.05) is 7.11 Å². The minimum absolute atomic E-state index is 0.0915. The molecule has 2 rings (SSSR count). The molecule has 0 bridgehead atoms. The Kier molecular flexibility index (Phi) is 6.62. The molecule has 0 aliphatic heterocycles. The average Bonchev–Trinajstić information content (AvgIpc) is 2.57. The Morgan fingerprint density at radius 2 is 2.16 bits per heavy atom. The van der Waals surface area contributed by atoms with Gasteiger partial charge in [0.2, 0.25) is 0 Å². The molecule has 0 spiro atoms. The third kappa shape index (κ3) is 4.62. The fourth-order valence-electron chi connectivity index (χ4n) is 2.44. The normalized spacial score (nSPS) is 10.8. The predicted molar refractivity (Wildman–Crippen MR) is 101 cm³/mol. The molecule has 0 radical (unpaired) electrons. The van der Waals surface area contributed by atoms with Crippen LogP contribution in [0, 0.1) is 0 Å². The molecule has 0 unspecified atom stereocenters. The van der Waals surface area contributed by atoms with E-state index in [2.05, 4.69) is 11.6 Å². The van der Waals surface area contributed by atoms with Crippen molar-refractivity contribution < 1.29 is 14.6 Å². The molecule has 1 aromatic heterocycles. The van der Waals surface area contributed by atoms with Gasteiger partial charge in [0.05, 0.1) is 24.2 Å². The number of pyridine rings is 1. The summed E-state index contributed by atoms with van der Waals surface area (Å²) >= 11 is 12.3. The van der Waals surface area contributed by atoms with Gasteiger partial charge in [-0.25, -0.2) is 0 Å². The first kappa shape index (κ1) is 19.0. The number of allylic oxidation sites excluding steroid dienone is 1. The molecular formula is C19H17Cl2NO3. The SMILES string of the molecule is C=CCc1c(-c2ccc(Cl)cc2OC)ncc(Cl)c1/C=C\CC(=O)O. The summed E-state index contributed by atoms with van der Waals surface area (Å²) in [7, 11) is 1.56. The highest BCUT2D eigenvalue weighted by atomic mass is 35.5. The van der Waals surface area contributed by atoms with E-state index in [4.69, 9.17) is 33.0 Å². The maximum atomic E-state index is 10.7. The van der Waals surface area contributed by atoms with Gasteiger partial charge in [-0.3, -0.25) is 9.78 Å². The van der Waals surface area contributed by atoms with Crippen LogP contribution in [0.25, 0.3) is 17.3 Å². The highest BCUT2D eigenvalue weighted by molar-refractivity contribution is 6.32. The molecule has 0 fully saturated rings. The Balaban J connectivity index is 2.64. The number of hydrogen-bond donors (Lipinski definition) is 1. The quantitative estimate of drug-likeness (QED) is 0.666. The number of aromatic nitrogens is 1. The van der Waals surface area contributed by atoms with Crippen LogP contribution in [0.15, 0.2) is 43.1 Å². The highest BCUT2D eigenvalue weighted by Crippen LogP contribution is 2.36. The van der Waals surface area contributed by atoms with E-state index in [1.54, 1.807) is 37.5 Å². The number of methoxy groups -OCH3 is 1. The molecule has 0 aliphatic carbocycles. The predicted octanol–water partition coefficient (Wildman–Crippen LogP) is 5.28. The summed E-state index contributed by atoms with van der Waals surface area (Å²) in [5, 5.41) is 9.82. The van der Waals surface area contributed by atoms with Gasteiger partial charge >= 0.3 is 5.97 Å². The maximum Gasteiger partial charge on any atom is 0.307 e. The molecule has 0 amide bonds. The van der Waals surface area contributed by atoms with Gasteiger partial charge in [-0.05, 0) is 30.2 Å². The molecule has 1 N–H and O–H groups in total. The number of carboxylic acid groups (broad SMARTS) is 1. The molecule has 1 heterocycles. The minimum Gasteiger partial charge on any atom is -0.496 e. The molecule has 0 saturated heterocycles. The van der Waals surface area contributed by atoms with Gasteiger partial charge in [0.25, 0.3) is 0 Å². The summed E-state index contributed by atoms with van der Waals surface area (Å²) < 4.78 is 5.42. The van der Waals surface area contributed by atoms with Gasteiger partial charge < -0.3 is 9.84 Å². The van der Waals surface area contributed by atoms with Crippen LogP contribution in [0.3, 0.4) is 0 Å². The summed E-state index contributed by atoms with van der Waals surface area (Å²) in [4.78, 5) is 15.2. The lowest BCUT2D eigenvalue weighted by Crippen LogP contribution is -1.99. The Labute approximate surface area is 156 Å². The molecule has 25 heavy (non-hydrogen) atoms. The third-order valence-electron chi connectivity index (χ3n) is 3.52. The van der Waals surface area contributed by atoms with Crippen LogP contribution in [0.5, 0.6) is 5.75 Å². The minimum atomic E-state index is -0.911. The summed E-state index contributed by atoms with van der Waals surface area (Å²) in [6.07, 6.45) is 6.96. The monoisotopic (exact) mass is 377 g/mol. The number of carbonyl (C=O) groups is 1. The topological polar surface area (TPSA) is 59.4 Å². The summed E-state index contributed by atoms with van der Waals surface area (Å²) in [6, 6.07) is 5.30. The molecule has 0 atom stereocenters. The second kappa shape index (κ2) is 8.70. The fraction of sp³-hybridized carbons (Fsp3) is 0.158. The van der Waals surface area contributed by atoms with E-state index in [0.29, 0.717) is 33.5 Å². The van der Waals surface area contributed by atoms with E-state index in [1.807, 2.05) is 6.07 Å². The van der Waals surface area contributed by atoms with Crippen LogP contribution in [0.2, 0.25) is 10.0 Å². The number of nitrogens with zero attached hydrogens (tertiary/aromatic N) is 1. The van der Waals surface area contributed by atoms with Crippen molar-refractivity contribution >= 4 is 35.2 Å². The molecule has 1 aromatic carbocycles. The number of rotatable bonds is 7. The lowest BCUT2D eigenvalue weighted by atomic mass is 9.97. The zero-order chi connectivity index (χ0) is 18.4. The van der Waals surface area contributed by atoms with E-state index in [9.17, 15) is 4.79 Å². The van der Waals surface area contributed by atoms with Crippen LogP contribution in [-0.2, 0) is 11.2 Å². The van der Waals surface area contributed by atoms with Crippen LogP contribution >= 0.6 is 23.2 Å². The Morgan fingerprint density at radius 1 is 1.40 bits per heavy atom. The lowest BCUT2D eigenvalue weighted by Gasteiger charge is -2.15. The van der Waals surface area contributed by atoms with Crippen molar-refractivity contribution in [2.24, 2.45) is 0 Å². The summed E-state index contributed by atoms with van der Waals surface area (Å²) in [5.41, 5.74) is 3.01. The van der Waals surface area contributed by atoms with E-state index in [-0.39, 0.29) is 6.42 Å². The second-order valence-corrected chi connectivity index (χ2v) is 6.03. The van der Waals surface area contributed by atoms with Gasteiger partial charge in [-0.2, -0.15) is 0 Å². The third-order valence-corrected chi connectivity index (χ3v) is 4.06. The first-order valence-electron chi connectivity index (χ1n) is 7.48. The maximum absolute atomic E-state index is 10.7. The van der Waals surface area contributed by atoms with Crippen molar-refractivity contribution in [3.8, 4) is 17.0 Å². The van der Waals surface area contributed by atoms with E-state index in [0.717, 1.165) is 11.1 Å². The Bertz CT molecular complexity index is 832. The number of hydrogen-bond acceptors (Lipinski definition) is 3. The first-order valence-corrected chi connectivity index (χ1v) is 8.24. The van der Waals surface area contributed by atoms with Crippen LogP contribution in [-0.4, -0.2) is 23.2 Å². The van der Waals surface area contributed by atoms with Crippen molar-refractivity contribution in [3.63, 3.8) is 0 Å². The van der Waals surface area contributed by atoms with Gasteiger partial charge in [0, 0.05) is 22.3 Å². The lowest BCUT2D eigenvalue weighted by molar-refractivity contribution is -0.135. The van der Waals surface area contributed by atoms with E-state index >= 15 is 0 Å². The fourth-order valence-corrected chi connectivity index (χ4v) is 2.83. The molecular weight excluding hydrogens is 361 g/mol. The second-order valence-electron chi connectivity index (χ2n) is 5.18. The standard InChI is InChI=1S/C19H17Cl2NO3/c1-3-5-14-13(6-4-7-18(23)24)16(21)11-22-19(14)15-9-8-12(20)10-17(15)25-2/h3-4,6,8-11H,1,5,7H2,2H3,(H,23,24)/b6-4-. The largest absolute Gasteiger partial charge is 0.496 e. The summed E-state index contributed by atoms with van der Waals surface area (Å²) in [5.74, 6) is -0.320. The Hall–Kier alpha value is -2.30. The zero-order valence-electron chi connectivity index (χ0n) is 13.6. The summed E-state index contributed by atoms with van der Waals surface area (Å²) in [6.45, 7) is 3.79. The van der Waals surface area contributed by atoms with Crippen LogP contribution in [0.4, 0.5) is 0 Å². The molecule has 6 heteroatoms. The van der Waals surface area contributed by atoms with Gasteiger partial charge in [-0.1, -0.05) is 41.4 Å². The number of carboxylic acids is 1. The van der Waals surface area contributed by atoms with Gasteiger partial charge in [-0.15, -0.1) is 6.58 Å². The van der Waals surface area contributed by atoms with Crippen LogP contribution in [0.1, 0.15) is 17.5 Å². The van der Waals surface area contributed by atoms with Gasteiger partial charge in [0.1, 0.15) is 5.75 Å². The molecule has 0 aliphatic rings. The average molecular weight is 378 g/mol. The van der Waals surface area contributed by atoms with E-state index in [1.165, 1.54) is 6.20 Å². The van der Waals surface area contributed by atoms with Gasteiger partial charge in [0.15, 0.2) is 0 Å². The molecule has 130 valence electrons. The Morgan fingerprint density at radius 3 is 2.80 bits per heavy atom. The van der Waals surface area contributed by atoms with Crippen molar-refractivity contribution in [3.05, 3.63) is 64.3 Å². The zero-order valence-corrected chi connectivity index (χ0v) is 15.1.